The highest BCUT2D eigenvalue weighted by Gasteiger charge is 2.16. The maximum atomic E-state index is 11.4. The zero-order valence-corrected chi connectivity index (χ0v) is 11.9. The first-order valence-electron chi connectivity index (χ1n) is 6.21. The third-order valence-electron chi connectivity index (χ3n) is 2.94. The average Bonchev–Trinajstić information content (AvgIpc) is 2.49. The van der Waals surface area contributed by atoms with Crippen molar-refractivity contribution in [1.29, 1.82) is 0 Å². The van der Waals surface area contributed by atoms with Gasteiger partial charge < -0.3 is 4.74 Å². The van der Waals surface area contributed by atoms with Gasteiger partial charge in [-0.25, -0.2) is 0 Å². The fourth-order valence-electron chi connectivity index (χ4n) is 1.98. The van der Waals surface area contributed by atoms with E-state index in [4.69, 9.17) is 4.74 Å². The van der Waals surface area contributed by atoms with E-state index in [0.29, 0.717) is 15.6 Å². The van der Waals surface area contributed by atoms with Crippen molar-refractivity contribution in [3.8, 4) is 0 Å². The van der Waals surface area contributed by atoms with Gasteiger partial charge in [0, 0.05) is 6.04 Å². The smallest absolute Gasteiger partial charge is 0.302 e. The van der Waals surface area contributed by atoms with Gasteiger partial charge in [0.1, 0.15) is 0 Å². The first-order chi connectivity index (χ1) is 9.31. The number of carbonyl (C=O) groups is 1. The molecule has 2 nitrogen and oxygen atoms in total. The third-order valence-corrected chi connectivity index (χ3v) is 4.51. The molecular formula is C16H16O2Si. The van der Waals surface area contributed by atoms with Crippen LogP contribution in [0.5, 0.6) is 0 Å². The predicted octanol–water partition coefficient (Wildman–Crippen LogP) is 3.07. The molecule has 0 fully saturated rings. The largest absolute Gasteiger partial charge is 0.469 e. The molecule has 0 heterocycles. The van der Waals surface area contributed by atoms with Gasteiger partial charge in [-0.15, -0.1) is 0 Å². The lowest BCUT2D eigenvalue weighted by molar-refractivity contribution is -0.137. The SMILES string of the molecule is COC(=O)C[Si]C(c1ccccc1)c1ccccc1. The van der Waals surface area contributed by atoms with Crippen molar-refractivity contribution in [2.24, 2.45) is 0 Å². The predicted molar refractivity (Wildman–Crippen MR) is 77.3 cm³/mol. The van der Waals surface area contributed by atoms with E-state index in [1.807, 2.05) is 36.4 Å². The number of hydrogen-bond acceptors (Lipinski definition) is 2. The van der Waals surface area contributed by atoms with E-state index in [9.17, 15) is 4.79 Å². The van der Waals surface area contributed by atoms with Crippen molar-refractivity contribution in [3.05, 3.63) is 71.8 Å². The topological polar surface area (TPSA) is 26.3 Å². The van der Waals surface area contributed by atoms with Gasteiger partial charge in [0.25, 0.3) is 0 Å². The molecule has 0 unspecified atom stereocenters. The second-order valence-corrected chi connectivity index (χ2v) is 5.55. The van der Waals surface area contributed by atoms with E-state index >= 15 is 0 Å². The van der Waals surface area contributed by atoms with Gasteiger partial charge in [-0.3, -0.25) is 4.79 Å². The number of ether oxygens (including phenoxy) is 1. The van der Waals surface area contributed by atoms with E-state index in [1.165, 1.54) is 18.2 Å². The Balaban J connectivity index is 2.21. The van der Waals surface area contributed by atoms with Gasteiger partial charge in [0.05, 0.1) is 16.6 Å². The molecule has 2 aromatic carbocycles. The molecule has 0 N–H and O–H groups in total. The molecule has 2 rings (SSSR count). The van der Waals surface area contributed by atoms with Crippen molar-refractivity contribution in [2.75, 3.05) is 7.11 Å². The summed E-state index contributed by atoms with van der Waals surface area (Å²) in [6.07, 6.45) is 0. The number of hydrogen-bond donors (Lipinski definition) is 0. The molecule has 0 atom stereocenters. The highest BCUT2D eigenvalue weighted by molar-refractivity contribution is 6.43. The van der Waals surface area contributed by atoms with Crippen LogP contribution in [-0.2, 0) is 9.53 Å². The Morgan fingerprint density at radius 2 is 1.47 bits per heavy atom. The molecule has 0 amide bonds. The zero-order valence-electron chi connectivity index (χ0n) is 10.9. The quantitative estimate of drug-likeness (QED) is 0.615. The van der Waals surface area contributed by atoms with Crippen molar-refractivity contribution < 1.29 is 9.53 Å². The summed E-state index contributed by atoms with van der Waals surface area (Å²) in [6, 6.07) is 21.1. The van der Waals surface area contributed by atoms with Gasteiger partial charge in [0.15, 0.2) is 0 Å². The molecule has 2 aromatic rings. The Morgan fingerprint density at radius 1 is 1.00 bits per heavy atom. The fourth-order valence-corrected chi connectivity index (χ4v) is 3.35. The Labute approximate surface area is 116 Å². The minimum atomic E-state index is -0.143. The monoisotopic (exact) mass is 268 g/mol. The normalized spacial score (nSPS) is 10.4. The van der Waals surface area contributed by atoms with Crippen molar-refractivity contribution in [1.82, 2.24) is 0 Å². The van der Waals surface area contributed by atoms with Crippen LogP contribution in [0.1, 0.15) is 16.7 Å². The number of benzene rings is 2. The second-order valence-electron chi connectivity index (χ2n) is 4.21. The van der Waals surface area contributed by atoms with Crippen LogP contribution in [0.25, 0.3) is 0 Å². The third kappa shape index (κ3) is 3.79. The Bertz CT molecular complexity index is 471. The summed E-state index contributed by atoms with van der Waals surface area (Å²) in [5.74, 6) is -0.143. The van der Waals surface area contributed by atoms with E-state index < -0.39 is 0 Å². The molecular weight excluding hydrogens is 252 g/mol. The second kappa shape index (κ2) is 6.90. The van der Waals surface area contributed by atoms with Crippen LogP contribution in [0.3, 0.4) is 0 Å². The molecule has 2 radical (unpaired) electrons. The molecule has 0 aliphatic rings. The van der Waals surface area contributed by atoms with Crippen molar-refractivity contribution in [2.45, 2.75) is 11.6 Å². The molecule has 96 valence electrons. The number of methoxy groups -OCH3 is 1. The summed E-state index contributed by atoms with van der Waals surface area (Å²) in [5.41, 5.74) is 2.76. The van der Waals surface area contributed by atoms with Crippen LogP contribution in [0.2, 0.25) is 6.04 Å². The minimum Gasteiger partial charge on any atom is -0.469 e. The van der Waals surface area contributed by atoms with Crippen LogP contribution >= 0.6 is 0 Å². The molecule has 0 bridgehead atoms. The van der Waals surface area contributed by atoms with Crippen LogP contribution in [0, 0.1) is 0 Å². The standard InChI is InChI=1S/C16H16O2Si/c1-18-15(17)12-19-16(13-8-4-2-5-9-13)14-10-6-3-7-11-14/h2-11,16H,12H2,1H3. The Kier molecular flexibility index (Phi) is 4.92. The van der Waals surface area contributed by atoms with Crippen LogP contribution in [-0.4, -0.2) is 22.6 Å². The maximum absolute atomic E-state index is 11.4. The summed E-state index contributed by atoms with van der Waals surface area (Å²) >= 11 is 0. The molecule has 0 saturated heterocycles. The molecule has 3 heteroatoms. The molecule has 0 spiro atoms. The van der Waals surface area contributed by atoms with Gasteiger partial charge in [-0.1, -0.05) is 60.7 Å². The van der Waals surface area contributed by atoms with Crippen LogP contribution in [0.4, 0.5) is 0 Å². The van der Waals surface area contributed by atoms with Crippen LogP contribution in [0.15, 0.2) is 60.7 Å². The lowest BCUT2D eigenvalue weighted by Crippen LogP contribution is -2.14. The Hall–Kier alpha value is -1.87. The lowest BCUT2D eigenvalue weighted by atomic mass is 10.0. The van der Waals surface area contributed by atoms with Gasteiger partial charge in [0.2, 0.25) is 0 Å². The van der Waals surface area contributed by atoms with Gasteiger partial charge in [-0.2, -0.15) is 0 Å². The van der Waals surface area contributed by atoms with Crippen molar-refractivity contribution in [3.63, 3.8) is 0 Å². The number of carbonyl (C=O) groups excluding carboxylic acids is 1. The Morgan fingerprint density at radius 3 is 1.89 bits per heavy atom. The fraction of sp³-hybridized carbons (Fsp3) is 0.188. The summed E-state index contributed by atoms with van der Waals surface area (Å²) < 4.78 is 4.74. The van der Waals surface area contributed by atoms with E-state index in [0.717, 1.165) is 0 Å². The van der Waals surface area contributed by atoms with Gasteiger partial charge in [-0.05, 0) is 16.7 Å². The molecule has 0 aliphatic carbocycles. The summed E-state index contributed by atoms with van der Waals surface area (Å²) in [5, 5.41) is 0. The maximum Gasteiger partial charge on any atom is 0.302 e. The molecule has 19 heavy (non-hydrogen) atoms. The average molecular weight is 268 g/mol. The van der Waals surface area contributed by atoms with E-state index in [2.05, 4.69) is 24.3 Å². The first kappa shape index (κ1) is 13.6. The minimum absolute atomic E-state index is 0.143. The highest BCUT2D eigenvalue weighted by atomic mass is 28.2. The first-order valence-corrected chi connectivity index (χ1v) is 7.50. The zero-order chi connectivity index (χ0) is 13.5. The molecule has 0 saturated carbocycles. The summed E-state index contributed by atoms with van der Waals surface area (Å²) in [4.78, 5) is 11.4. The molecule has 0 aromatic heterocycles. The van der Waals surface area contributed by atoms with E-state index in [1.54, 1.807) is 0 Å². The number of rotatable bonds is 5. The van der Waals surface area contributed by atoms with Gasteiger partial charge >= 0.3 is 5.97 Å². The van der Waals surface area contributed by atoms with Crippen molar-refractivity contribution >= 4 is 15.5 Å². The van der Waals surface area contributed by atoms with E-state index in [-0.39, 0.29) is 11.5 Å². The number of esters is 1. The summed E-state index contributed by atoms with van der Waals surface area (Å²) in [6.45, 7) is 0. The van der Waals surface area contributed by atoms with Crippen LogP contribution < -0.4 is 0 Å². The summed E-state index contributed by atoms with van der Waals surface area (Å²) in [7, 11) is 1.93. The highest BCUT2D eigenvalue weighted by Crippen LogP contribution is 2.24. The molecule has 0 aliphatic heterocycles. The lowest BCUT2D eigenvalue weighted by Gasteiger charge is -2.16.